The van der Waals surface area contributed by atoms with Crippen LogP contribution in [0.4, 0.5) is 0 Å². The summed E-state index contributed by atoms with van der Waals surface area (Å²) in [5.74, 6) is 0.360. The van der Waals surface area contributed by atoms with Gasteiger partial charge in [0.1, 0.15) is 10.6 Å². The molecule has 0 saturated heterocycles. The maximum absolute atomic E-state index is 12.3. The van der Waals surface area contributed by atoms with Crippen molar-refractivity contribution in [2.75, 3.05) is 6.54 Å². The molecule has 0 spiro atoms. The first-order valence-corrected chi connectivity index (χ1v) is 8.23. The summed E-state index contributed by atoms with van der Waals surface area (Å²) in [7, 11) is -3.81. The fourth-order valence-corrected chi connectivity index (χ4v) is 2.83. The number of para-hydroxylation sites is 1. The zero-order chi connectivity index (χ0) is 15.3. The molecule has 0 aliphatic rings. The number of aryl methyl sites for hydroxylation is 1. The van der Waals surface area contributed by atoms with E-state index in [1.807, 2.05) is 26.0 Å². The van der Waals surface area contributed by atoms with E-state index in [4.69, 9.17) is 4.18 Å². The molecule has 0 saturated carbocycles. The highest BCUT2D eigenvalue weighted by Crippen LogP contribution is 2.23. The maximum atomic E-state index is 12.3. The van der Waals surface area contributed by atoms with Crippen molar-refractivity contribution in [3.63, 3.8) is 0 Å². The number of hydrogen-bond donors (Lipinski definition) is 1. The minimum absolute atomic E-state index is 0.159. The molecule has 0 bridgehead atoms. The monoisotopic (exact) mass is 305 g/mol. The third kappa shape index (κ3) is 4.06. The van der Waals surface area contributed by atoms with Gasteiger partial charge in [0.15, 0.2) is 0 Å². The van der Waals surface area contributed by atoms with Gasteiger partial charge in [0, 0.05) is 12.1 Å². The predicted octanol–water partition coefficient (Wildman–Crippen LogP) is 2.87. The molecule has 5 heteroatoms. The SMILES string of the molecule is CCNCc1ccccc1OS(=O)(=O)c1ccc(C)cc1. The van der Waals surface area contributed by atoms with E-state index in [2.05, 4.69) is 5.32 Å². The van der Waals surface area contributed by atoms with E-state index in [0.717, 1.165) is 17.7 Å². The van der Waals surface area contributed by atoms with Gasteiger partial charge in [-0.05, 0) is 31.7 Å². The van der Waals surface area contributed by atoms with Crippen LogP contribution in [0.15, 0.2) is 53.4 Å². The van der Waals surface area contributed by atoms with Crippen molar-refractivity contribution in [2.24, 2.45) is 0 Å². The van der Waals surface area contributed by atoms with Gasteiger partial charge in [-0.1, -0.05) is 42.8 Å². The van der Waals surface area contributed by atoms with Crippen LogP contribution in [0.3, 0.4) is 0 Å². The molecule has 2 rings (SSSR count). The summed E-state index contributed by atoms with van der Waals surface area (Å²) >= 11 is 0. The molecule has 0 amide bonds. The summed E-state index contributed by atoms with van der Waals surface area (Å²) in [6.07, 6.45) is 0. The largest absolute Gasteiger partial charge is 0.379 e. The molecule has 0 fully saturated rings. The van der Waals surface area contributed by atoms with Crippen molar-refractivity contribution < 1.29 is 12.6 Å². The van der Waals surface area contributed by atoms with Crippen LogP contribution in [0.1, 0.15) is 18.1 Å². The Morgan fingerprint density at radius 2 is 1.71 bits per heavy atom. The molecular formula is C16H19NO3S. The van der Waals surface area contributed by atoms with Crippen LogP contribution in [-0.2, 0) is 16.7 Å². The molecule has 0 aliphatic carbocycles. The van der Waals surface area contributed by atoms with E-state index in [-0.39, 0.29) is 4.90 Å². The van der Waals surface area contributed by atoms with Gasteiger partial charge >= 0.3 is 10.1 Å². The highest BCUT2D eigenvalue weighted by molar-refractivity contribution is 7.87. The topological polar surface area (TPSA) is 55.4 Å². The molecule has 0 heterocycles. The number of benzene rings is 2. The van der Waals surface area contributed by atoms with Gasteiger partial charge in [-0.2, -0.15) is 8.42 Å². The summed E-state index contributed by atoms with van der Waals surface area (Å²) in [6.45, 7) is 5.27. The maximum Gasteiger partial charge on any atom is 0.339 e. The molecule has 0 aromatic heterocycles. The zero-order valence-corrected chi connectivity index (χ0v) is 13.0. The second-order valence-corrected chi connectivity index (χ2v) is 6.28. The van der Waals surface area contributed by atoms with Crippen molar-refractivity contribution in [1.82, 2.24) is 5.32 Å². The van der Waals surface area contributed by atoms with Crippen molar-refractivity contribution in [3.8, 4) is 5.75 Å². The van der Waals surface area contributed by atoms with Crippen LogP contribution >= 0.6 is 0 Å². The van der Waals surface area contributed by atoms with Crippen molar-refractivity contribution in [2.45, 2.75) is 25.3 Å². The fraction of sp³-hybridized carbons (Fsp3) is 0.250. The lowest BCUT2D eigenvalue weighted by atomic mass is 10.2. The summed E-state index contributed by atoms with van der Waals surface area (Å²) < 4.78 is 29.9. The third-order valence-corrected chi connectivity index (χ3v) is 4.30. The van der Waals surface area contributed by atoms with Gasteiger partial charge in [0.05, 0.1) is 0 Å². The lowest BCUT2D eigenvalue weighted by Gasteiger charge is -2.11. The van der Waals surface area contributed by atoms with Gasteiger partial charge < -0.3 is 9.50 Å². The minimum atomic E-state index is -3.81. The predicted molar refractivity (Wildman–Crippen MR) is 82.8 cm³/mol. The lowest BCUT2D eigenvalue weighted by Crippen LogP contribution is -2.15. The number of nitrogens with one attached hydrogen (secondary N) is 1. The van der Waals surface area contributed by atoms with Crippen molar-refractivity contribution in [3.05, 3.63) is 59.7 Å². The van der Waals surface area contributed by atoms with Crippen molar-refractivity contribution >= 4 is 10.1 Å². The average Bonchev–Trinajstić information content (AvgIpc) is 2.46. The summed E-state index contributed by atoms with van der Waals surface area (Å²) in [6, 6.07) is 13.7. The number of rotatable bonds is 6. The summed E-state index contributed by atoms with van der Waals surface area (Å²) in [5.41, 5.74) is 1.82. The molecule has 2 aromatic carbocycles. The molecule has 2 aromatic rings. The Morgan fingerprint density at radius 3 is 2.38 bits per heavy atom. The molecule has 0 radical (unpaired) electrons. The molecule has 4 nitrogen and oxygen atoms in total. The van der Waals surface area contributed by atoms with Crippen LogP contribution in [0.2, 0.25) is 0 Å². The minimum Gasteiger partial charge on any atom is -0.379 e. The van der Waals surface area contributed by atoms with Gasteiger partial charge in [-0.15, -0.1) is 0 Å². The second kappa shape index (κ2) is 6.74. The van der Waals surface area contributed by atoms with Crippen LogP contribution in [0, 0.1) is 6.92 Å². The first kappa shape index (κ1) is 15.5. The van der Waals surface area contributed by atoms with E-state index in [1.165, 1.54) is 0 Å². The highest BCUT2D eigenvalue weighted by atomic mass is 32.2. The smallest absolute Gasteiger partial charge is 0.339 e. The van der Waals surface area contributed by atoms with Crippen LogP contribution in [-0.4, -0.2) is 15.0 Å². The van der Waals surface area contributed by atoms with Gasteiger partial charge in [0.2, 0.25) is 0 Å². The molecule has 0 atom stereocenters. The Balaban J connectivity index is 2.26. The molecule has 21 heavy (non-hydrogen) atoms. The first-order valence-electron chi connectivity index (χ1n) is 6.82. The summed E-state index contributed by atoms with van der Waals surface area (Å²) in [5, 5.41) is 3.16. The molecule has 112 valence electrons. The molecule has 0 aliphatic heterocycles. The third-order valence-electron chi connectivity index (χ3n) is 3.05. The highest BCUT2D eigenvalue weighted by Gasteiger charge is 2.17. The van der Waals surface area contributed by atoms with Crippen molar-refractivity contribution in [1.29, 1.82) is 0 Å². The normalized spacial score (nSPS) is 11.3. The van der Waals surface area contributed by atoms with Gasteiger partial charge in [0.25, 0.3) is 0 Å². The van der Waals surface area contributed by atoms with Crippen LogP contribution in [0.5, 0.6) is 5.75 Å². The van der Waals surface area contributed by atoms with Crippen LogP contribution < -0.4 is 9.50 Å². The Bertz CT molecular complexity index is 694. The van der Waals surface area contributed by atoms with Gasteiger partial charge in [-0.25, -0.2) is 0 Å². The quantitative estimate of drug-likeness (QED) is 0.834. The first-order chi connectivity index (χ1) is 10.0. The average molecular weight is 305 g/mol. The Kier molecular flexibility index (Phi) is 4.98. The van der Waals surface area contributed by atoms with Crippen LogP contribution in [0.25, 0.3) is 0 Å². The molecule has 0 unspecified atom stereocenters. The van der Waals surface area contributed by atoms with E-state index in [0.29, 0.717) is 12.3 Å². The molecular weight excluding hydrogens is 286 g/mol. The van der Waals surface area contributed by atoms with E-state index >= 15 is 0 Å². The van der Waals surface area contributed by atoms with Gasteiger partial charge in [-0.3, -0.25) is 0 Å². The van der Waals surface area contributed by atoms with E-state index in [9.17, 15) is 8.42 Å². The number of hydrogen-bond acceptors (Lipinski definition) is 4. The standard InChI is InChI=1S/C16H19NO3S/c1-3-17-12-14-6-4-5-7-16(14)20-21(18,19)15-10-8-13(2)9-11-15/h4-11,17H,3,12H2,1-2H3. The van der Waals surface area contributed by atoms with E-state index in [1.54, 1.807) is 36.4 Å². The fourth-order valence-electron chi connectivity index (χ4n) is 1.86. The molecule has 1 N–H and O–H groups in total. The zero-order valence-electron chi connectivity index (χ0n) is 12.2. The second-order valence-electron chi connectivity index (χ2n) is 4.74. The Hall–Kier alpha value is -1.85. The summed E-state index contributed by atoms with van der Waals surface area (Å²) in [4.78, 5) is 0.159. The van der Waals surface area contributed by atoms with E-state index < -0.39 is 10.1 Å². The Labute approximate surface area is 125 Å². The lowest BCUT2D eigenvalue weighted by molar-refractivity contribution is 0.481. The Morgan fingerprint density at radius 1 is 1.05 bits per heavy atom.